The maximum Gasteiger partial charge on any atom is 0.246 e. The Morgan fingerprint density at radius 2 is 2.37 bits per heavy atom. The van der Waals surface area contributed by atoms with E-state index < -0.39 is 0 Å². The summed E-state index contributed by atoms with van der Waals surface area (Å²) in [6.45, 7) is 8.10. The topological polar surface area (TPSA) is 81.5 Å². The van der Waals surface area contributed by atoms with Gasteiger partial charge in [-0.2, -0.15) is 4.98 Å². The standard InChI is InChI=1S/C21H25N5O3S/c1-4-19(27)26-7-5-15(13-26)29-20-16-6-8-25(9-10-28-3)17(16)11-18(23-20)24-21-22-12-14(2)30-21/h4,6,8,11-12,15H,1,5,7,9-10,13H2,2-3H3,(H,22,23,24). The number of thiazole rings is 1. The lowest BCUT2D eigenvalue weighted by Crippen LogP contribution is -2.29. The molecule has 1 atom stereocenters. The molecule has 4 heterocycles. The fraction of sp³-hybridized carbons (Fsp3) is 0.381. The highest BCUT2D eigenvalue weighted by molar-refractivity contribution is 7.15. The molecule has 158 valence electrons. The number of ether oxygens (including phenoxy) is 2. The Balaban J connectivity index is 1.63. The molecule has 0 saturated carbocycles. The van der Waals surface area contributed by atoms with Crippen molar-refractivity contribution >= 4 is 39.1 Å². The summed E-state index contributed by atoms with van der Waals surface area (Å²) in [6.07, 6.45) is 5.83. The zero-order valence-electron chi connectivity index (χ0n) is 17.1. The van der Waals surface area contributed by atoms with Crippen LogP contribution < -0.4 is 10.1 Å². The number of hydrogen-bond acceptors (Lipinski definition) is 7. The Labute approximate surface area is 179 Å². The van der Waals surface area contributed by atoms with Crippen LogP contribution in [-0.4, -0.2) is 58.3 Å². The van der Waals surface area contributed by atoms with Crippen LogP contribution in [0.25, 0.3) is 10.9 Å². The first-order valence-electron chi connectivity index (χ1n) is 9.83. The van der Waals surface area contributed by atoms with Gasteiger partial charge in [-0.15, -0.1) is 11.3 Å². The fourth-order valence-electron chi connectivity index (χ4n) is 3.53. The summed E-state index contributed by atoms with van der Waals surface area (Å²) in [5.74, 6) is 1.15. The second-order valence-electron chi connectivity index (χ2n) is 7.17. The van der Waals surface area contributed by atoms with E-state index in [-0.39, 0.29) is 12.0 Å². The number of anilines is 2. The van der Waals surface area contributed by atoms with Crippen LogP contribution in [0.4, 0.5) is 10.9 Å². The van der Waals surface area contributed by atoms with Gasteiger partial charge in [-0.25, -0.2) is 4.98 Å². The molecule has 3 aromatic heterocycles. The van der Waals surface area contributed by atoms with Gasteiger partial charge in [0, 0.05) is 50.0 Å². The Morgan fingerprint density at radius 1 is 1.50 bits per heavy atom. The third kappa shape index (κ3) is 4.31. The highest BCUT2D eigenvalue weighted by atomic mass is 32.1. The Morgan fingerprint density at radius 3 is 3.10 bits per heavy atom. The van der Waals surface area contributed by atoms with E-state index in [9.17, 15) is 4.79 Å². The molecule has 1 aliphatic rings. The third-order valence-electron chi connectivity index (χ3n) is 5.03. The molecular formula is C21H25N5O3S. The number of hydrogen-bond donors (Lipinski definition) is 1. The van der Waals surface area contributed by atoms with Gasteiger partial charge in [0.05, 0.1) is 24.1 Å². The van der Waals surface area contributed by atoms with Gasteiger partial charge in [0.2, 0.25) is 11.8 Å². The highest BCUT2D eigenvalue weighted by Gasteiger charge is 2.27. The largest absolute Gasteiger partial charge is 0.472 e. The number of likely N-dealkylation sites (tertiary alicyclic amines) is 1. The van der Waals surface area contributed by atoms with E-state index in [0.29, 0.717) is 31.4 Å². The van der Waals surface area contributed by atoms with Crippen LogP contribution in [0.3, 0.4) is 0 Å². The predicted molar refractivity (Wildman–Crippen MR) is 118 cm³/mol. The molecule has 0 spiro atoms. The van der Waals surface area contributed by atoms with Crippen molar-refractivity contribution in [2.24, 2.45) is 0 Å². The molecule has 4 rings (SSSR count). The summed E-state index contributed by atoms with van der Waals surface area (Å²) >= 11 is 1.57. The van der Waals surface area contributed by atoms with Gasteiger partial charge in [-0.05, 0) is 19.1 Å². The monoisotopic (exact) mass is 427 g/mol. The molecule has 9 heteroatoms. The van der Waals surface area contributed by atoms with Gasteiger partial charge < -0.3 is 24.3 Å². The second-order valence-corrected chi connectivity index (χ2v) is 8.40. The zero-order valence-corrected chi connectivity index (χ0v) is 17.9. The van der Waals surface area contributed by atoms with Crippen molar-refractivity contribution < 1.29 is 14.3 Å². The van der Waals surface area contributed by atoms with Gasteiger partial charge in [0.15, 0.2) is 5.13 Å². The van der Waals surface area contributed by atoms with Gasteiger partial charge in [-0.3, -0.25) is 4.79 Å². The first-order chi connectivity index (χ1) is 14.6. The molecule has 0 aliphatic carbocycles. The van der Waals surface area contributed by atoms with Gasteiger partial charge in [0.1, 0.15) is 11.9 Å². The molecule has 0 aromatic carbocycles. The van der Waals surface area contributed by atoms with Gasteiger partial charge >= 0.3 is 0 Å². The van der Waals surface area contributed by atoms with Crippen molar-refractivity contribution in [1.29, 1.82) is 0 Å². The normalized spacial score (nSPS) is 16.2. The Kier molecular flexibility index (Phi) is 6.01. The summed E-state index contributed by atoms with van der Waals surface area (Å²) in [4.78, 5) is 23.9. The van der Waals surface area contributed by atoms with Crippen LogP contribution in [-0.2, 0) is 16.1 Å². The fourth-order valence-corrected chi connectivity index (χ4v) is 4.20. The first-order valence-corrected chi connectivity index (χ1v) is 10.7. The molecule has 1 N–H and O–H groups in total. The number of carbonyl (C=O) groups is 1. The number of methoxy groups -OCH3 is 1. The van der Waals surface area contributed by atoms with Crippen molar-refractivity contribution in [2.75, 3.05) is 32.1 Å². The minimum absolute atomic E-state index is 0.0699. The Hall–Kier alpha value is -2.91. The molecule has 1 unspecified atom stereocenters. The number of aryl methyl sites for hydroxylation is 1. The van der Waals surface area contributed by atoms with E-state index in [1.54, 1.807) is 23.3 Å². The van der Waals surface area contributed by atoms with Crippen LogP contribution in [0.15, 0.2) is 37.2 Å². The summed E-state index contributed by atoms with van der Waals surface area (Å²) in [5, 5.41) is 5.00. The van der Waals surface area contributed by atoms with Crippen LogP contribution in [0.5, 0.6) is 5.88 Å². The number of nitrogens with zero attached hydrogens (tertiary/aromatic N) is 4. The number of rotatable bonds is 8. The number of amides is 1. The third-order valence-corrected chi connectivity index (χ3v) is 5.86. The van der Waals surface area contributed by atoms with Crippen molar-refractivity contribution in [2.45, 2.75) is 26.0 Å². The predicted octanol–water partition coefficient (Wildman–Crippen LogP) is 3.36. The molecule has 3 aromatic rings. The quantitative estimate of drug-likeness (QED) is 0.555. The number of carbonyl (C=O) groups excluding carboxylic acids is 1. The number of aromatic nitrogens is 3. The highest BCUT2D eigenvalue weighted by Crippen LogP contribution is 2.31. The number of fused-ring (bicyclic) bond motifs is 1. The summed E-state index contributed by atoms with van der Waals surface area (Å²) < 4.78 is 13.6. The molecule has 8 nitrogen and oxygen atoms in total. The SMILES string of the molecule is C=CC(=O)N1CCC(Oc2nc(Nc3ncc(C)s3)cc3c2ccn3CCOC)C1. The summed E-state index contributed by atoms with van der Waals surface area (Å²) in [5.41, 5.74) is 1.00. The van der Waals surface area contributed by atoms with Crippen molar-refractivity contribution in [3.63, 3.8) is 0 Å². The molecule has 1 amide bonds. The molecule has 30 heavy (non-hydrogen) atoms. The van der Waals surface area contributed by atoms with Crippen molar-refractivity contribution in [3.05, 3.63) is 42.1 Å². The summed E-state index contributed by atoms with van der Waals surface area (Å²) in [6, 6.07) is 4.00. The molecule has 0 bridgehead atoms. The Bertz CT molecular complexity index is 1060. The van der Waals surface area contributed by atoms with Crippen LogP contribution in [0, 0.1) is 6.92 Å². The average molecular weight is 428 g/mol. The van der Waals surface area contributed by atoms with E-state index >= 15 is 0 Å². The van der Waals surface area contributed by atoms with Crippen molar-refractivity contribution in [1.82, 2.24) is 19.4 Å². The molecule has 1 aliphatic heterocycles. The number of pyridine rings is 1. The van der Waals surface area contributed by atoms with E-state index in [0.717, 1.165) is 33.9 Å². The molecular weight excluding hydrogens is 402 g/mol. The smallest absolute Gasteiger partial charge is 0.246 e. The number of nitrogens with one attached hydrogen (secondary N) is 1. The average Bonchev–Trinajstić information content (AvgIpc) is 3.46. The van der Waals surface area contributed by atoms with Crippen LogP contribution in [0.1, 0.15) is 11.3 Å². The lowest BCUT2D eigenvalue weighted by molar-refractivity contribution is -0.125. The molecule has 1 saturated heterocycles. The summed E-state index contributed by atoms with van der Waals surface area (Å²) in [7, 11) is 1.69. The maximum atomic E-state index is 11.9. The first kappa shape index (κ1) is 20.4. The molecule has 0 radical (unpaired) electrons. The van der Waals surface area contributed by atoms with E-state index in [1.807, 2.05) is 31.5 Å². The van der Waals surface area contributed by atoms with E-state index in [4.69, 9.17) is 14.5 Å². The molecule has 1 fully saturated rings. The maximum absolute atomic E-state index is 11.9. The second kappa shape index (κ2) is 8.85. The lowest BCUT2D eigenvalue weighted by atomic mass is 10.3. The lowest BCUT2D eigenvalue weighted by Gasteiger charge is -2.16. The van der Waals surface area contributed by atoms with Gasteiger partial charge in [-0.1, -0.05) is 6.58 Å². The van der Waals surface area contributed by atoms with Crippen LogP contribution >= 0.6 is 11.3 Å². The minimum atomic E-state index is -0.107. The van der Waals surface area contributed by atoms with E-state index in [2.05, 4.69) is 21.4 Å². The minimum Gasteiger partial charge on any atom is -0.472 e. The van der Waals surface area contributed by atoms with E-state index in [1.165, 1.54) is 6.08 Å². The zero-order chi connectivity index (χ0) is 21.1. The van der Waals surface area contributed by atoms with Crippen LogP contribution in [0.2, 0.25) is 0 Å². The van der Waals surface area contributed by atoms with Crippen molar-refractivity contribution in [3.8, 4) is 5.88 Å². The van der Waals surface area contributed by atoms with Gasteiger partial charge in [0.25, 0.3) is 0 Å².